The summed E-state index contributed by atoms with van der Waals surface area (Å²) in [4.78, 5) is 37.6. The fourth-order valence-corrected chi connectivity index (χ4v) is 4.07. The van der Waals surface area contributed by atoms with Crippen LogP contribution in [0.3, 0.4) is 0 Å². The van der Waals surface area contributed by atoms with Crippen molar-refractivity contribution in [2.24, 2.45) is 11.8 Å². The van der Waals surface area contributed by atoms with E-state index in [-0.39, 0.29) is 35.0 Å². The Balaban J connectivity index is 1.60. The number of carbonyl (C=O) groups is 2. The highest BCUT2D eigenvalue weighted by Gasteiger charge is 2.48. The molecule has 1 saturated heterocycles. The zero-order valence-corrected chi connectivity index (χ0v) is 16.1. The minimum Gasteiger partial charge on any atom is -0.375 e. The molecule has 2 aromatic carbocycles. The number of nitrogens with one attached hydrogen (secondary N) is 1. The Morgan fingerprint density at radius 2 is 1.76 bits per heavy atom. The van der Waals surface area contributed by atoms with Crippen LogP contribution in [0.2, 0.25) is 5.02 Å². The summed E-state index contributed by atoms with van der Waals surface area (Å²) >= 11 is 5.97. The van der Waals surface area contributed by atoms with Crippen LogP contribution in [0, 0.1) is 22.0 Å². The molecule has 1 N–H and O–H groups in total. The van der Waals surface area contributed by atoms with E-state index < -0.39 is 4.92 Å². The minimum atomic E-state index is -0.524. The molecule has 1 aliphatic heterocycles. The first-order valence-electron chi connectivity index (χ1n) is 9.25. The average molecular weight is 412 g/mol. The number of fused-ring (bicyclic) bond motifs is 1. The van der Waals surface area contributed by atoms with E-state index in [4.69, 9.17) is 11.6 Å². The largest absolute Gasteiger partial charge is 0.375 e. The van der Waals surface area contributed by atoms with Gasteiger partial charge >= 0.3 is 0 Å². The van der Waals surface area contributed by atoms with Crippen molar-refractivity contribution in [2.45, 2.75) is 19.4 Å². The first kappa shape index (κ1) is 19.1. The van der Waals surface area contributed by atoms with Crippen molar-refractivity contribution in [1.29, 1.82) is 0 Å². The predicted octanol–water partition coefficient (Wildman–Crippen LogP) is 4.32. The molecule has 29 heavy (non-hydrogen) atoms. The summed E-state index contributed by atoms with van der Waals surface area (Å²) in [6.45, 7) is 0.345. The lowest BCUT2D eigenvalue weighted by molar-refractivity contribution is -0.383. The van der Waals surface area contributed by atoms with Crippen LogP contribution >= 0.6 is 11.6 Å². The second-order valence-corrected chi connectivity index (χ2v) is 7.55. The summed E-state index contributed by atoms with van der Waals surface area (Å²) < 4.78 is 0. The maximum atomic E-state index is 12.7. The number of nitro benzene ring substituents is 1. The molecule has 0 spiro atoms. The van der Waals surface area contributed by atoms with E-state index in [0.717, 1.165) is 10.5 Å². The molecule has 0 bridgehead atoms. The number of hydrogen-bond acceptors (Lipinski definition) is 5. The normalized spacial score (nSPS) is 20.7. The maximum absolute atomic E-state index is 12.7. The zero-order chi connectivity index (χ0) is 20.5. The molecule has 148 valence electrons. The van der Waals surface area contributed by atoms with Crippen molar-refractivity contribution in [1.82, 2.24) is 0 Å². The number of nitrogens with zero attached hydrogens (tertiary/aromatic N) is 2. The van der Waals surface area contributed by atoms with Gasteiger partial charge in [0, 0.05) is 17.6 Å². The van der Waals surface area contributed by atoms with E-state index in [1.807, 2.05) is 18.2 Å². The Morgan fingerprint density at radius 1 is 1.07 bits per heavy atom. The molecule has 2 atom stereocenters. The van der Waals surface area contributed by atoms with Crippen LogP contribution in [0.4, 0.5) is 17.1 Å². The number of benzene rings is 2. The highest BCUT2D eigenvalue weighted by molar-refractivity contribution is 6.30. The number of hydrogen-bond donors (Lipinski definition) is 1. The monoisotopic (exact) mass is 411 g/mol. The Hall–Kier alpha value is -3.19. The Bertz CT molecular complexity index is 1010. The van der Waals surface area contributed by atoms with Crippen LogP contribution in [-0.2, 0) is 16.1 Å². The number of allylic oxidation sites excluding steroid dienone is 2. The summed E-state index contributed by atoms with van der Waals surface area (Å²) in [6.07, 6.45) is 4.85. The molecular weight excluding hydrogens is 394 g/mol. The van der Waals surface area contributed by atoms with Gasteiger partial charge < -0.3 is 5.32 Å². The molecule has 0 radical (unpaired) electrons. The van der Waals surface area contributed by atoms with Gasteiger partial charge in [-0.25, -0.2) is 4.90 Å². The first-order chi connectivity index (χ1) is 14.0. The molecule has 2 aromatic rings. The maximum Gasteiger partial charge on any atom is 0.294 e. The van der Waals surface area contributed by atoms with Crippen LogP contribution in [0.15, 0.2) is 54.6 Å². The van der Waals surface area contributed by atoms with Crippen molar-refractivity contribution < 1.29 is 14.5 Å². The number of halogens is 1. The van der Waals surface area contributed by atoms with Crippen molar-refractivity contribution in [2.75, 3.05) is 10.2 Å². The van der Waals surface area contributed by atoms with Gasteiger partial charge in [0.05, 0.1) is 22.4 Å². The van der Waals surface area contributed by atoms with E-state index in [9.17, 15) is 19.7 Å². The van der Waals surface area contributed by atoms with E-state index in [2.05, 4.69) is 5.32 Å². The molecule has 2 unspecified atom stereocenters. The lowest BCUT2D eigenvalue weighted by Gasteiger charge is -2.16. The third kappa shape index (κ3) is 3.61. The fraction of sp³-hybridized carbons (Fsp3) is 0.238. The van der Waals surface area contributed by atoms with Crippen molar-refractivity contribution >= 4 is 40.5 Å². The van der Waals surface area contributed by atoms with Gasteiger partial charge in [-0.2, -0.15) is 0 Å². The average Bonchev–Trinajstić information content (AvgIpc) is 2.97. The van der Waals surface area contributed by atoms with Crippen LogP contribution in [0.1, 0.15) is 18.4 Å². The first-order valence-corrected chi connectivity index (χ1v) is 9.63. The van der Waals surface area contributed by atoms with Gasteiger partial charge in [-0.05, 0) is 42.7 Å². The summed E-state index contributed by atoms with van der Waals surface area (Å²) in [5, 5.41) is 15.2. The standard InChI is InChI=1S/C21H18ClN3O4/c22-14-5-3-4-13(10-14)12-23-18-9-8-15(11-19(18)25(28)29)24-20(26)16-6-1-2-7-17(16)21(24)27/h1-5,8-11,16-17,23H,6-7,12H2. The fourth-order valence-electron chi connectivity index (χ4n) is 3.86. The third-order valence-electron chi connectivity index (χ3n) is 5.32. The molecular formula is C21H18ClN3O4. The Kier molecular flexibility index (Phi) is 5.07. The molecule has 2 aliphatic rings. The molecule has 8 heteroatoms. The van der Waals surface area contributed by atoms with Gasteiger partial charge in [0.15, 0.2) is 0 Å². The van der Waals surface area contributed by atoms with E-state index >= 15 is 0 Å². The summed E-state index contributed by atoms with van der Waals surface area (Å²) in [5.74, 6) is -1.35. The van der Waals surface area contributed by atoms with E-state index in [0.29, 0.717) is 30.1 Å². The predicted molar refractivity (Wildman–Crippen MR) is 110 cm³/mol. The molecule has 2 amide bonds. The highest BCUT2D eigenvalue weighted by Crippen LogP contribution is 2.39. The number of imide groups is 1. The third-order valence-corrected chi connectivity index (χ3v) is 5.55. The van der Waals surface area contributed by atoms with Crippen molar-refractivity contribution in [3.05, 3.63) is 75.3 Å². The molecule has 7 nitrogen and oxygen atoms in total. The second-order valence-electron chi connectivity index (χ2n) is 7.11. The summed E-state index contributed by atoms with van der Waals surface area (Å²) in [5.41, 5.74) is 1.21. The highest BCUT2D eigenvalue weighted by atomic mass is 35.5. The lowest BCUT2D eigenvalue weighted by atomic mass is 9.85. The number of amides is 2. The number of nitro groups is 1. The molecule has 0 aromatic heterocycles. The molecule has 4 rings (SSSR count). The van der Waals surface area contributed by atoms with Crippen molar-refractivity contribution in [3.63, 3.8) is 0 Å². The SMILES string of the molecule is O=C1C2CC=CCC2C(=O)N1c1ccc(NCc2cccc(Cl)c2)c([N+](=O)[O-])c1. The van der Waals surface area contributed by atoms with Crippen LogP contribution in [-0.4, -0.2) is 16.7 Å². The quantitative estimate of drug-likeness (QED) is 0.342. The van der Waals surface area contributed by atoms with Gasteiger partial charge in [0.25, 0.3) is 5.69 Å². The van der Waals surface area contributed by atoms with Crippen molar-refractivity contribution in [3.8, 4) is 0 Å². The lowest BCUT2D eigenvalue weighted by Crippen LogP contribution is -2.30. The number of anilines is 2. The van der Waals surface area contributed by atoms with E-state index in [1.54, 1.807) is 24.3 Å². The van der Waals surface area contributed by atoms with Crippen LogP contribution in [0.5, 0.6) is 0 Å². The summed E-state index contributed by atoms with van der Waals surface area (Å²) in [7, 11) is 0. The van der Waals surface area contributed by atoms with Gasteiger partial charge in [0.1, 0.15) is 5.69 Å². The molecule has 0 saturated carbocycles. The summed E-state index contributed by atoms with van der Waals surface area (Å²) in [6, 6.07) is 11.5. The van der Waals surface area contributed by atoms with Gasteiger partial charge in [-0.15, -0.1) is 0 Å². The minimum absolute atomic E-state index is 0.196. The Labute approximate surface area is 172 Å². The molecule has 1 fully saturated rings. The van der Waals surface area contributed by atoms with Crippen LogP contribution in [0.25, 0.3) is 0 Å². The molecule has 1 aliphatic carbocycles. The van der Waals surface area contributed by atoms with Crippen LogP contribution < -0.4 is 10.2 Å². The zero-order valence-electron chi connectivity index (χ0n) is 15.4. The number of carbonyl (C=O) groups excluding carboxylic acids is 2. The van der Waals surface area contributed by atoms with Gasteiger partial charge in [0.2, 0.25) is 11.8 Å². The molecule has 1 heterocycles. The topological polar surface area (TPSA) is 92.6 Å². The van der Waals surface area contributed by atoms with E-state index in [1.165, 1.54) is 12.1 Å². The second kappa shape index (κ2) is 7.67. The van der Waals surface area contributed by atoms with Gasteiger partial charge in [-0.1, -0.05) is 35.9 Å². The number of rotatable bonds is 5. The van der Waals surface area contributed by atoms with Gasteiger partial charge in [-0.3, -0.25) is 19.7 Å². The smallest absolute Gasteiger partial charge is 0.294 e. The Morgan fingerprint density at radius 3 is 2.38 bits per heavy atom.